The largest absolute Gasteiger partial charge is 0.490 e. The number of hydrogen-bond donors (Lipinski definition) is 2. The summed E-state index contributed by atoms with van der Waals surface area (Å²) in [6.07, 6.45) is 1.69. The van der Waals surface area contributed by atoms with E-state index in [4.69, 9.17) is 15.2 Å². The molecule has 3 N–H and O–H groups in total. The Kier molecular flexibility index (Phi) is 8.80. The number of nitriles is 1. The lowest BCUT2D eigenvalue weighted by molar-refractivity contribution is -0.126. The first kappa shape index (κ1) is 26.4. The van der Waals surface area contributed by atoms with Crippen LogP contribution in [0, 0.1) is 23.0 Å². The highest BCUT2D eigenvalue weighted by molar-refractivity contribution is 5.85. The van der Waals surface area contributed by atoms with E-state index in [1.54, 1.807) is 24.4 Å². The van der Waals surface area contributed by atoms with Crippen molar-refractivity contribution in [2.75, 3.05) is 13.2 Å². The normalized spacial score (nSPS) is 12.9. The van der Waals surface area contributed by atoms with Crippen LogP contribution in [0.5, 0.6) is 11.6 Å². The van der Waals surface area contributed by atoms with Gasteiger partial charge in [-0.25, -0.2) is 18.4 Å². The molecule has 36 heavy (non-hydrogen) atoms. The lowest BCUT2D eigenvalue weighted by Gasteiger charge is -2.25. The minimum absolute atomic E-state index is 0.00517. The summed E-state index contributed by atoms with van der Waals surface area (Å²) in [6.45, 7) is 3.03. The monoisotopic (exact) mass is 500 g/mol. The van der Waals surface area contributed by atoms with E-state index in [9.17, 15) is 18.8 Å². The number of halogens is 2. The van der Waals surface area contributed by atoms with Crippen LogP contribution in [0.4, 0.5) is 8.78 Å². The maximum atomic E-state index is 14.0. The van der Waals surface area contributed by atoms with Crippen LogP contribution in [0.2, 0.25) is 0 Å². The van der Waals surface area contributed by atoms with Crippen LogP contribution in [0.15, 0.2) is 42.6 Å². The molecular weight excluding hydrogens is 474 g/mol. The molecule has 0 saturated heterocycles. The standard InChI is InChI=1S/C23H26F2N8O3/c1-23(2,27)22(34)29-18(9-12-35-19-7-6-15(24)13-17(19)25)21-30-31-32-33(21)16(8-10-26)14-36-20-5-3-4-11-28-20/h3-7,11,13,16,18H,8-9,12,14,27H2,1-2H3,(H,29,34)/t16-,18-/m1/s1. The Hall–Kier alpha value is -4.18. The number of ether oxygens (including phenoxy) is 2. The minimum Gasteiger partial charge on any atom is -0.490 e. The predicted molar refractivity (Wildman–Crippen MR) is 122 cm³/mol. The third kappa shape index (κ3) is 7.16. The van der Waals surface area contributed by atoms with Crippen molar-refractivity contribution in [2.45, 2.75) is 44.3 Å². The van der Waals surface area contributed by atoms with Crippen molar-refractivity contribution in [1.82, 2.24) is 30.5 Å². The molecular formula is C23H26F2N8O3. The molecule has 0 aliphatic rings. The zero-order chi connectivity index (χ0) is 26.1. The Balaban J connectivity index is 1.81. The summed E-state index contributed by atoms with van der Waals surface area (Å²) in [4.78, 5) is 16.8. The van der Waals surface area contributed by atoms with Crippen LogP contribution in [0.25, 0.3) is 0 Å². The topological polar surface area (TPSA) is 154 Å². The van der Waals surface area contributed by atoms with Gasteiger partial charge in [0, 0.05) is 24.8 Å². The molecule has 2 heterocycles. The number of nitrogens with zero attached hydrogens (tertiary/aromatic N) is 6. The molecule has 1 amide bonds. The number of hydrogen-bond acceptors (Lipinski definition) is 9. The van der Waals surface area contributed by atoms with E-state index >= 15 is 0 Å². The molecule has 0 aliphatic carbocycles. The van der Waals surface area contributed by atoms with Gasteiger partial charge in [-0.15, -0.1) is 5.10 Å². The molecule has 0 fully saturated rings. The maximum absolute atomic E-state index is 14.0. The van der Waals surface area contributed by atoms with E-state index in [1.165, 1.54) is 24.6 Å². The molecule has 0 saturated carbocycles. The van der Waals surface area contributed by atoms with Gasteiger partial charge in [0.25, 0.3) is 0 Å². The lowest BCUT2D eigenvalue weighted by Crippen LogP contribution is -2.50. The first-order chi connectivity index (χ1) is 17.2. The Labute approximate surface area is 206 Å². The van der Waals surface area contributed by atoms with E-state index in [0.717, 1.165) is 6.07 Å². The summed E-state index contributed by atoms with van der Waals surface area (Å²) >= 11 is 0. The van der Waals surface area contributed by atoms with E-state index in [2.05, 4.69) is 31.9 Å². The van der Waals surface area contributed by atoms with Gasteiger partial charge < -0.3 is 20.5 Å². The number of carbonyl (C=O) groups is 1. The van der Waals surface area contributed by atoms with Crippen molar-refractivity contribution in [1.29, 1.82) is 5.26 Å². The van der Waals surface area contributed by atoms with Gasteiger partial charge in [0.15, 0.2) is 17.4 Å². The molecule has 2 atom stereocenters. The van der Waals surface area contributed by atoms with Crippen molar-refractivity contribution >= 4 is 5.91 Å². The lowest BCUT2D eigenvalue weighted by atomic mass is 10.0. The molecule has 0 aliphatic heterocycles. The van der Waals surface area contributed by atoms with Gasteiger partial charge in [0.05, 0.1) is 30.7 Å². The van der Waals surface area contributed by atoms with Gasteiger partial charge >= 0.3 is 0 Å². The summed E-state index contributed by atoms with van der Waals surface area (Å²) in [6, 6.07) is 8.78. The third-order valence-corrected chi connectivity index (χ3v) is 5.01. The highest BCUT2D eigenvalue weighted by Crippen LogP contribution is 2.23. The van der Waals surface area contributed by atoms with Gasteiger partial charge in [0.1, 0.15) is 18.5 Å². The van der Waals surface area contributed by atoms with Crippen LogP contribution in [-0.4, -0.2) is 49.9 Å². The second-order valence-corrected chi connectivity index (χ2v) is 8.44. The van der Waals surface area contributed by atoms with Crippen LogP contribution in [0.1, 0.15) is 44.6 Å². The number of tetrazole rings is 1. The highest BCUT2D eigenvalue weighted by atomic mass is 19.1. The Morgan fingerprint density at radius 3 is 2.75 bits per heavy atom. The van der Waals surface area contributed by atoms with Crippen molar-refractivity contribution < 1.29 is 23.0 Å². The Bertz CT molecular complexity index is 1190. The van der Waals surface area contributed by atoms with E-state index < -0.39 is 35.2 Å². The molecule has 190 valence electrons. The van der Waals surface area contributed by atoms with Gasteiger partial charge in [-0.1, -0.05) is 6.07 Å². The summed E-state index contributed by atoms with van der Waals surface area (Å²) in [7, 11) is 0. The second kappa shape index (κ2) is 12.0. The smallest absolute Gasteiger partial charge is 0.240 e. The molecule has 0 unspecified atom stereocenters. The zero-order valence-electron chi connectivity index (χ0n) is 19.8. The quantitative estimate of drug-likeness (QED) is 0.381. The molecule has 0 radical (unpaired) electrons. The Morgan fingerprint density at radius 1 is 1.28 bits per heavy atom. The first-order valence-corrected chi connectivity index (χ1v) is 11.0. The van der Waals surface area contributed by atoms with Crippen molar-refractivity contribution in [2.24, 2.45) is 5.73 Å². The SMILES string of the molecule is CC(C)(N)C(=O)N[C@H](CCOc1ccc(F)cc1F)c1nnnn1[C@H](CC#N)COc1ccccn1. The van der Waals surface area contributed by atoms with Crippen molar-refractivity contribution in [3.8, 4) is 17.7 Å². The van der Waals surface area contributed by atoms with Crippen LogP contribution >= 0.6 is 0 Å². The number of aromatic nitrogens is 5. The number of pyridine rings is 1. The number of amides is 1. The first-order valence-electron chi connectivity index (χ1n) is 11.0. The van der Waals surface area contributed by atoms with E-state index in [-0.39, 0.29) is 37.6 Å². The van der Waals surface area contributed by atoms with Crippen molar-refractivity contribution in [3.63, 3.8) is 0 Å². The summed E-state index contributed by atoms with van der Waals surface area (Å²) in [5, 5.41) is 23.9. The van der Waals surface area contributed by atoms with E-state index in [1.807, 2.05) is 0 Å². The fourth-order valence-electron chi connectivity index (χ4n) is 3.11. The summed E-state index contributed by atoms with van der Waals surface area (Å²) < 4.78 is 39.7. The molecule has 1 aromatic carbocycles. The highest BCUT2D eigenvalue weighted by Gasteiger charge is 2.30. The van der Waals surface area contributed by atoms with Gasteiger partial charge in [-0.3, -0.25) is 4.79 Å². The predicted octanol–water partition coefficient (Wildman–Crippen LogP) is 2.24. The van der Waals surface area contributed by atoms with Crippen LogP contribution < -0.4 is 20.5 Å². The molecule has 0 bridgehead atoms. The molecule has 13 heteroatoms. The van der Waals surface area contributed by atoms with Crippen LogP contribution in [-0.2, 0) is 4.79 Å². The number of benzene rings is 1. The maximum Gasteiger partial charge on any atom is 0.240 e. The van der Waals surface area contributed by atoms with Crippen molar-refractivity contribution in [3.05, 3.63) is 60.1 Å². The van der Waals surface area contributed by atoms with Crippen LogP contribution in [0.3, 0.4) is 0 Å². The Morgan fingerprint density at radius 2 is 2.08 bits per heavy atom. The summed E-state index contributed by atoms with van der Waals surface area (Å²) in [5.41, 5.74) is 4.72. The van der Waals surface area contributed by atoms with Gasteiger partial charge in [-0.05, 0) is 42.5 Å². The fourth-order valence-corrected chi connectivity index (χ4v) is 3.11. The second-order valence-electron chi connectivity index (χ2n) is 8.44. The molecule has 3 rings (SSSR count). The number of carbonyl (C=O) groups excluding carboxylic acids is 1. The average molecular weight is 501 g/mol. The average Bonchev–Trinajstić information content (AvgIpc) is 3.32. The fraction of sp³-hybridized carbons (Fsp3) is 0.391. The zero-order valence-corrected chi connectivity index (χ0v) is 19.8. The van der Waals surface area contributed by atoms with Gasteiger partial charge in [0.2, 0.25) is 11.8 Å². The molecule has 11 nitrogen and oxygen atoms in total. The number of nitrogens with two attached hydrogens (primary N) is 1. The molecule has 0 spiro atoms. The molecule has 3 aromatic rings. The number of rotatable bonds is 12. The van der Waals surface area contributed by atoms with Gasteiger partial charge in [-0.2, -0.15) is 5.26 Å². The minimum atomic E-state index is -1.21. The number of nitrogens with one attached hydrogen (secondary N) is 1. The van der Waals surface area contributed by atoms with E-state index in [0.29, 0.717) is 11.9 Å². The summed E-state index contributed by atoms with van der Waals surface area (Å²) in [5.74, 6) is -1.64. The third-order valence-electron chi connectivity index (χ3n) is 5.01. The molecule has 2 aromatic heterocycles.